The summed E-state index contributed by atoms with van der Waals surface area (Å²) in [5.41, 5.74) is 4.25. The fourth-order valence-corrected chi connectivity index (χ4v) is 8.72. The van der Waals surface area contributed by atoms with E-state index in [0.717, 1.165) is 57.4 Å². The molecule has 296 valence electrons. The first kappa shape index (κ1) is 39.8. The van der Waals surface area contributed by atoms with Crippen molar-refractivity contribution >= 4 is 46.5 Å². The number of likely N-dealkylation sites (tertiary alicyclic amines) is 3. The van der Waals surface area contributed by atoms with Gasteiger partial charge in [0.2, 0.25) is 17.7 Å². The van der Waals surface area contributed by atoms with E-state index in [-0.39, 0.29) is 35.7 Å². The topological polar surface area (TPSA) is 125 Å². The molecule has 0 radical (unpaired) electrons. The quantitative estimate of drug-likeness (QED) is 0.163. The Kier molecular flexibility index (Phi) is 12.4. The van der Waals surface area contributed by atoms with Crippen molar-refractivity contribution in [1.29, 1.82) is 0 Å². The van der Waals surface area contributed by atoms with Crippen LogP contribution in [0.3, 0.4) is 0 Å². The fourth-order valence-electron chi connectivity index (χ4n) is 8.14. The number of anilines is 2. The van der Waals surface area contributed by atoms with E-state index in [4.69, 9.17) is 37.7 Å². The number of carbonyl (C=O) groups excluding carboxylic acids is 2. The number of carbonyl (C=O) groups is 2. The summed E-state index contributed by atoms with van der Waals surface area (Å²) in [4.78, 5) is 44.0. The zero-order valence-electron chi connectivity index (χ0n) is 31.9. The molecule has 2 amide bonds. The monoisotopic (exact) mass is 804 g/mol. The molecule has 2 N–H and O–H groups in total. The Balaban J connectivity index is 1.04. The molecule has 56 heavy (non-hydrogen) atoms. The number of benzene rings is 1. The Bertz CT molecular complexity index is 2080. The number of nitrogens with zero attached hydrogens (tertiary/aromatic N) is 6. The van der Waals surface area contributed by atoms with Gasteiger partial charge in [-0.15, -0.1) is 0 Å². The molecule has 0 unspecified atom stereocenters. The molecule has 7 rings (SSSR count). The number of piperidine rings is 1. The van der Waals surface area contributed by atoms with Gasteiger partial charge in [-0.25, -0.2) is 14.4 Å². The summed E-state index contributed by atoms with van der Waals surface area (Å²) < 4.78 is 26.6. The zero-order chi connectivity index (χ0) is 39.4. The van der Waals surface area contributed by atoms with Gasteiger partial charge in [-0.05, 0) is 56.5 Å². The molecule has 0 aliphatic carbocycles. The van der Waals surface area contributed by atoms with E-state index in [9.17, 15) is 9.59 Å². The number of ether oxygens (including phenoxy) is 2. The first-order valence-electron chi connectivity index (χ1n) is 18.9. The highest BCUT2D eigenvalue weighted by Gasteiger charge is 2.44. The molecule has 0 saturated carbocycles. The first-order chi connectivity index (χ1) is 27.1. The molecule has 12 nitrogen and oxygen atoms in total. The maximum absolute atomic E-state index is 15.7. The van der Waals surface area contributed by atoms with Crippen LogP contribution in [0.4, 0.5) is 15.9 Å². The summed E-state index contributed by atoms with van der Waals surface area (Å²) in [5.74, 6) is 0.205. The molecular formula is C41H47Cl2FN8O4. The Morgan fingerprint density at radius 1 is 0.911 bits per heavy atom. The van der Waals surface area contributed by atoms with Gasteiger partial charge in [0.15, 0.2) is 11.6 Å². The van der Waals surface area contributed by atoms with Gasteiger partial charge in [-0.3, -0.25) is 19.5 Å². The van der Waals surface area contributed by atoms with E-state index in [1.807, 2.05) is 28.0 Å². The number of hydrogen-bond donors (Lipinski definition) is 2. The van der Waals surface area contributed by atoms with Crippen LogP contribution in [0.15, 0.2) is 54.9 Å². The van der Waals surface area contributed by atoms with Crippen LogP contribution in [0.1, 0.15) is 43.7 Å². The fraction of sp³-hybridized carbons (Fsp3) is 0.439. The van der Waals surface area contributed by atoms with Gasteiger partial charge < -0.3 is 29.9 Å². The summed E-state index contributed by atoms with van der Waals surface area (Å²) in [6.07, 6.45) is 6.86. The minimum Gasteiger partial charge on any atom is -0.481 e. The number of nitrogens with one attached hydrogen (secondary N) is 2. The Hall–Kier alpha value is -4.40. The van der Waals surface area contributed by atoms with Crippen LogP contribution in [0.2, 0.25) is 10.0 Å². The molecule has 1 spiro atoms. The van der Waals surface area contributed by atoms with Crippen LogP contribution < -0.4 is 15.4 Å². The third kappa shape index (κ3) is 8.62. The maximum Gasteiger partial charge on any atom is 0.248 e. The predicted octanol–water partition coefficient (Wildman–Crippen LogP) is 6.58. The summed E-state index contributed by atoms with van der Waals surface area (Å²) in [6.45, 7) is 7.43. The lowest BCUT2D eigenvalue weighted by molar-refractivity contribution is -0.134. The number of rotatable bonds is 12. The van der Waals surface area contributed by atoms with Gasteiger partial charge in [-0.2, -0.15) is 0 Å². The van der Waals surface area contributed by atoms with Crippen molar-refractivity contribution in [3.63, 3.8) is 0 Å². The highest BCUT2D eigenvalue weighted by Crippen LogP contribution is 2.42. The summed E-state index contributed by atoms with van der Waals surface area (Å²) in [5, 5.41) is 7.16. The Morgan fingerprint density at radius 3 is 2.46 bits per heavy atom. The van der Waals surface area contributed by atoms with Crippen LogP contribution in [0.5, 0.6) is 5.88 Å². The van der Waals surface area contributed by atoms with Crippen molar-refractivity contribution in [2.45, 2.75) is 51.7 Å². The second-order valence-corrected chi connectivity index (χ2v) is 15.7. The molecule has 3 aliphatic heterocycles. The first-order valence-corrected chi connectivity index (χ1v) is 19.7. The van der Waals surface area contributed by atoms with Crippen molar-refractivity contribution in [3.05, 3.63) is 81.8 Å². The third-order valence-corrected chi connectivity index (χ3v) is 12.1. The van der Waals surface area contributed by atoms with Crippen LogP contribution in [-0.2, 0) is 27.4 Å². The second-order valence-electron chi connectivity index (χ2n) is 14.9. The number of aromatic nitrogens is 3. The minimum atomic E-state index is -0.479. The highest BCUT2D eigenvalue weighted by molar-refractivity contribution is 6.39. The van der Waals surface area contributed by atoms with E-state index in [1.165, 1.54) is 0 Å². The molecule has 1 atom stereocenters. The summed E-state index contributed by atoms with van der Waals surface area (Å²) >= 11 is 14.0. The standard InChI is InChI=1S/C41H47Cl2FN8O4/c1-26(53)51-17-11-29(12-18-51)47-21-27-9-15-46-39(37(27)44)48-33-6-4-5-31(35(33)42)38-36(43)30(10-16-45-38)32-8-7-28(40(49-32)56-3)22-50-19-13-41(24-50)14-20-52(25-41)34(54)23-55-2/h4-10,15-16,29,47H,11-14,17-25H2,1-3H3,(H,46,48)/t41-/m0/s1. The van der Waals surface area contributed by atoms with E-state index in [2.05, 4.69) is 25.5 Å². The second kappa shape index (κ2) is 17.4. The number of hydrogen-bond acceptors (Lipinski definition) is 10. The highest BCUT2D eigenvalue weighted by atomic mass is 35.5. The predicted molar refractivity (Wildman–Crippen MR) is 214 cm³/mol. The summed E-state index contributed by atoms with van der Waals surface area (Å²) in [7, 11) is 3.16. The number of amides is 2. The molecule has 0 bridgehead atoms. The van der Waals surface area contributed by atoms with E-state index < -0.39 is 5.82 Å². The lowest BCUT2D eigenvalue weighted by atomic mass is 9.86. The third-order valence-electron chi connectivity index (χ3n) is 11.3. The SMILES string of the molecule is COCC(=O)N1CC[C@]2(CCN(Cc3ccc(-c4ccnc(-c5cccc(Nc6nccc(CNC7CCN(C(C)=O)CC7)c6F)c5Cl)c4Cl)nc3OC)C2)C1. The maximum atomic E-state index is 15.7. The smallest absolute Gasteiger partial charge is 0.248 e. The van der Waals surface area contributed by atoms with Crippen molar-refractivity contribution in [1.82, 2.24) is 35.0 Å². The molecule has 6 heterocycles. The van der Waals surface area contributed by atoms with Crippen LogP contribution >= 0.6 is 23.2 Å². The lowest BCUT2D eigenvalue weighted by Gasteiger charge is -2.31. The van der Waals surface area contributed by atoms with Crippen molar-refractivity contribution in [2.75, 3.05) is 65.4 Å². The van der Waals surface area contributed by atoms with Gasteiger partial charge in [0.25, 0.3) is 0 Å². The number of pyridine rings is 3. The molecule has 3 aliphatic rings. The molecular weight excluding hydrogens is 758 g/mol. The molecule has 3 aromatic heterocycles. The molecule has 3 fully saturated rings. The number of halogens is 3. The zero-order valence-corrected chi connectivity index (χ0v) is 33.4. The van der Waals surface area contributed by atoms with Crippen LogP contribution in [0, 0.1) is 11.2 Å². The Labute approximate surface area is 336 Å². The van der Waals surface area contributed by atoms with Crippen LogP contribution in [0.25, 0.3) is 22.5 Å². The van der Waals surface area contributed by atoms with E-state index in [0.29, 0.717) is 75.9 Å². The summed E-state index contributed by atoms with van der Waals surface area (Å²) in [6, 6.07) is 12.9. The molecule has 15 heteroatoms. The lowest BCUT2D eigenvalue weighted by Crippen LogP contribution is -2.44. The van der Waals surface area contributed by atoms with Gasteiger partial charge in [0.05, 0.1) is 34.2 Å². The molecule has 3 saturated heterocycles. The van der Waals surface area contributed by atoms with E-state index in [1.54, 1.807) is 57.8 Å². The van der Waals surface area contributed by atoms with E-state index >= 15 is 4.39 Å². The van der Waals surface area contributed by atoms with Gasteiger partial charge >= 0.3 is 0 Å². The largest absolute Gasteiger partial charge is 0.481 e. The van der Waals surface area contributed by atoms with Crippen molar-refractivity contribution < 1.29 is 23.5 Å². The average molecular weight is 806 g/mol. The molecule has 4 aromatic rings. The van der Waals surface area contributed by atoms with Gasteiger partial charge in [-0.1, -0.05) is 41.4 Å². The van der Waals surface area contributed by atoms with Gasteiger partial charge in [0.1, 0.15) is 6.61 Å². The van der Waals surface area contributed by atoms with Gasteiger partial charge in [0, 0.05) is 106 Å². The Morgan fingerprint density at radius 2 is 1.70 bits per heavy atom. The average Bonchev–Trinajstić information content (AvgIpc) is 3.81. The number of methoxy groups -OCH3 is 2. The minimum absolute atomic E-state index is 0.0467. The molecule has 1 aromatic carbocycles. The van der Waals surface area contributed by atoms with Crippen LogP contribution in [-0.4, -0.2) is 108 Å². The van der Waals surface area contributed by atoms with Crippen molar-refractivity contribution in [2.24, 2.45) is 5.41 Å². The normalized spacial score (nSPS) is 18.9. The van der Waals surface area contributed by atoms with Crippen molar-refractivity contribution in [3.8, 4) is 28.4 Å².